The number of carbonyl (C=O) groups is 2. The van der Waals surface area contributed by atoms with Crippen LogP contribution >= 0.6 is 0 Å². The summed E-state index contributed by atoms with van der Waals surface area (Å²) in [6.07, 6.45) is 1.77. The van der Waals surface area contributed by atoms with Crippen molar-refractivity contribution in [3.8, 4) is 5.75 Å². The van der Waals surface area contributed by atoms with Crippen LogP contribution in [0.2, 0.25) is 0 Å². The molecule has 0 aliphatic carbocycles. The third-order valence-electron chi connectivity index (χ3n) is 8.72. The minimum absolute atomic E-state index is 0.0698. The third kappa shape index (κ3) is 6.50. The third-order valence-corrected chi connectivity index (χ3v) is 8.72. The summed E-state index contributed by atoms with van der Waals surface area (Å²) >= 11 is 0. The van der Waals surface area contributed by atoms with Crippen LogP contribution in [0.25, 0.3) is 16.5 Å². The first-order chi connectivity index (χ1) is 23.1. The fraction of sp³-hybridized carbons (Fsp3) is 0.184. The summed E-state index contributed by atoms with van der Waals surface area (Å²) in [7, 11) is 0. The summed E-state index contributed by atoms with van der Waals surface area (Å²) in [5.74, 6) is -1.57. The molecule has 2 heterocycles. The maximum absolute atomic E-state index is 13.5. The normalized spacial score (nSPS) is 15.0. The molecule has 1 aliphatic rings. The molecule has 0 unspecified atom stereocenters. The van der Waals surface area contributed by atoms with Crippen molar-refractivity contribution in [2.45, 2.75) is 24.7 Å². The number of aliphatic hydroxyl groups is 2. The number of hydrogen-bond acceptors (Lipinski definition) is 7. The smallest absolute Gasteiger partial charge is 0.345 e. The number of fused-ring (bicyclic) bond motifs is 1. The summed E-state index contributed by atoms with van der Waals surface area (Å²) in [5, 5.41) is 46.1. The van der Waals surface area contributed by atoms with E-state index in [1.165, 1.54) is 12.1 Å². The molecule has 48 heavy (non-hydrogen) atoms. The molecular formula is C38H35N3O7. The average molecular weight is 646 g/mol. The van der Waals surface area contributed by atoms with E-state index < -0.39 is 17.7 Å². The zero-order valence-electron chi connectivity index (χ0n) is 26.0. The first-order valence-corrected chi connectivity index (χ1v) is 15.6. The van der Waals surface area contributed by atoms with Gasteiger partial charge in [0.05, 0.1) is 11.6 Å². The molecule has 10 nitrogen and oxygen atoms in total. The number of nitrogens with zero attached hydrogens (tertiary/aromatic N) is 1. The van der Waals surface area contributed by atoms with Gasteiger partial charge < -0.3 is 35.6 Å². The van der Waals surface area contributed by atoms with Gasteiger partial charge in [-0.3, -0.25) is 9.59 Å². The van der Waals surface area contributed by atoms with Crippen LogP contribution in [0.5, 0.6) is 5.75 Å². The number of H-pyrrole nitrogens is 1. The second-order valence-corrected chi connectivity index (χ2v) is 11.8. The van der Waals surface area contributed by atoms with Crippen LogP contribution in [0.4, 0.5) is 0 Å². The number of phenolic OH excluding ortho intramolecular Hbond substituents is 1. The summed E-state index contributed by atoms with van der Waals surface area (Å²) in [6, 6.07) is 28.3. The number of aliphatic carboxylic acids is 1. The molecule has 0 radical (unpaired) electrons. The van der Waals surface area contributed by atoms with Crippen molar-refractivity contribution in [1.82, 2.24) is 15.2 Å². The van der Waals surface area contributed by atoms with E-state index in [0.29, 0.717) is 42.6 Å². The topological polar surface area (TPSA) is 163 Å². The van der Waals surface area contributed by atoms with Crippen LogP contribution in [0.15, 0.2) is 114 Å². The lowest BCUT2D eigenvalue weighted by atomic mass is 9.84. The highest BCUT2D eigenvalue weighted by atomic mass is 16.4. The Morgan fingerprint density at radius 3 is 2.42 bits per heavy atom. The van der Waals surface area contributed by atoms with Gasteiger partial charge in [-0.25, -0.2) is 4.79 Å². The lowest BCUT2D eigenvalue weighted by molar-refractivity contribution is -0.155. The predicted octanol–water partition coefficient (Wildman–Crippen LogP) is 4.31. The Hall–Kier alpha value is -5.55. The highest BCUT2D eigenvalue weighted by Crippen LogP contribution is 2.33. The van der Waals surface area contributed by atoms with Gasteiger partial charge >= 0.3 is 5.97 Å². The molecule has 10 heteroatoms. The Bertz CT molecular complexity index is 2060. The molecule has 4 aromatic carbocycles. The van der Waals surface area contributed by atoms with E-state index in [1.807, 2.05) is 24.3 Å². The number of benzene rings is 4. The van der Waals surface area contributed by atoms with Crippen molar-refractivity contribution in [1.29, 1.82) is 0 Å². The summed E-state index contributed by atoms with van der Waals surface area (Å²) in [6.45, 7) is 1.53. The molecule has 0 saturated carbocycles. The monoisotopic (exact) mass is 645 g/mol. The van der Waals surface area contributed by atoms with Crippen LogP contribution in [0.3, 0.4) is 0 Å². The van der Waals surface area contributed by atoms with Crippen molar-refractivity contribution < 1.29 is 30.0 Å². The Labute approximate surface area is 276 Å². The fourth-order valence-electron chi connectivity index (χ4n) is 6.12. The number of hydrogen-bond donors (Lipinski definition) is 6. The van der Waals surface area contributed by atoms with Crippen LogP contribution in [0, 0.1) is 0 Å². The molecule has 5 aromatic rings. The first-order valence-electron chi connectivity index (χ1n) is 15.6. The van der Waals surface area contributed by atoms with Crippen LogP contribution in [-0.2, 0) is 16.9 Å². The van der Waals surface area contributed by atoms with Crippen molar-refractivity contribution in [3.05, 3.63) is 153 Å². The zero-order chi connectivity index (χ0) is 33.8. The lowest BCUT2D eigenvalue weighted by Gasteiger charge is -2.29. The van der Waals surface area contributed by atoms with Crippen molar-refractivity contribution in [2.75, 3.05) is 19.6 Å². The quantitative estimate of drug-likeness (QED) is 0.131. The minimum atomic E-state index is -2.22. The van der Waals surface area contributed by atoms with Crippen LogP contribution in [-0.4, -0.2) is 61.8 Å². The summed E-state index contributed by atoms with van der Waals surface area (Å²) in [5.41, 5.74) is 1.81. The molecule has 0 bridgehead atoms. The molecule has 1 aliphatic heterocycles. The molecule has 0 fully saturated rings. The molecular weight excluding hydrogens is 610 g/mol. The van der Waals surface area contributed by atoms with Crippen molar-refractivity contribution >= 4 is 28.4 Å². The fourth-order valence-corrected chi connectivity index (χ4v) is 6.12. The average Bonchev–Trinajstić information content (AvgIpc) is 3.12. The number of amides is 1. The van der Waals surface area contributed by atoms with Gasteiger partial charge in [-0.1, -0.05) is 72.8 Å². The SMILES string of the molecule is O=C(c1ccc(CNC[C@H](O)c2ccc(O)c3[nH]c(=O)ccc23)cc1)N1CCC=C(c2cccc([C@](O)(C(=O)O)c3ccccc3)c2)C1. The van der Waals surface area contributed by atoms with Crippen molar-refractivity contribution in [3.63, 3.8) is 0 Å². The largest absolute Gasteiger partial charge is 0.506 e. The number of carbonyl (C=O) groups excluding carboxylic acids is 1. The Kier molecular flexibility index (Phi) is 9.22. The van der Waals surface area contributed by atoms with E-state index in [-0.39, 0.29) is 40.4 Å². The van der Waals surface area contributed by atoms with Gasteiger partial charge in [-0.05, 0) is 64.6 Å². The molecule has 6 N–H and O–H groups in total. The van der Waals surface area contributed by atoms with Gasteiger partial charge in [0.25, 0.3) is 5.91 Å². The summed E-state index contributed by atoms with van der Waals surface area (Å²) < 4.78 is 0. The van der Waals surface area contributed by atoms with Gasteiger partial charge in [-0.15, -0.1) is 0 Å². The highest BCUT2D eigenvalue weighted by Gasteiger charge is 2.40. The Balaban J connectivity index is 1.09. The van der Waals surface area contributed by atoms with E-state index in [1.54, 1.807) is 77.7 Å². The summed E-state index contributed by atoms with van der Waals surface area (Å²) in [4.78, 5) is 41.8. The highest BCUT2D eigenvalue weighted by molar-refractivity contribution is 5.95. The molecule has 2 atom stereocenters. The minimum Gasteiger partial charge on any atom is -0.506 e. The molecule has 244 valence electrons. The molecule has 6 rings (SSSR count). The number of aromatic hydroxyl groups is 1. The molecule has 1 amide bonds. The van der Waals surface area contributed by atoms with Crippen LogP contribution in [0.1, 0.15) is 50.7 Å². The Morgan fingerprint density at radius 2 is 1.67 bits per heavy atom. The number of aromatic amines is 1. The number of phenols is 1. The van der Waals surface area contributed by atoms with E-state index in [0.717, 1.165) is 16.7 Å². The van der Waals surface area contributed by atoms with Crippen LogP contribution < -0.4 is 10.9 Å². The van der Waals surface area contributed by atoms with E-state index in [9.17, 15) is 34.8 Å². The molecule has 0 spiro atoms. The maximum Gasteiger partial charge on any atom is 0.345 e. The second-order valence-electron chi connectivity index (χ2n) is 11.8. The standard InChI is InChI=1S/C38H35N3O7/c42-32-17-15-30(31-16-18-34(44)40-35(31)32)33(43)22-39-21-24-11-13-25(14-12-24)36(45)41-19-5-7-27(23-41)26-6-4-10-29(20-26)38(48,37(46)47)28-8-2-1-3-9-28/h1-4,6-18,20,33,39,42-43,48H,5,19,21-23H2,(H,40,44)(H,46,47)/t33-,38-/m0/s1. The number of aliphatic hydroxyl groups excluding tert-OH is 1. The van der Waals surface area contributed by atoms with E-state index >= 15 is 0 Å². The van der Waals surface area contributed by atoms with Gasteiger partial charge in [0.15, 0.2) is 0 Å². The Morgan fingerprint density at radius 1 is 0.917 bits per heavy atom. The van der Waals surface area contributed by atoms with Gasteiger partial charge in [0.2, 0.25) is 11.2 Å². The lowest BCUT2D eigenvalue weighted by Crippen LogP contribution is -2.37. The number of nitrogens with one attached hydrogen (secondary N) is 2. The van der Waals surface area contributed by atoms with E-state index in [4.69, 9.17) is 0 Å². The number of pyridine rings is 1. The van der Waals surface area contributed by atoms with Gasteiger partial charge in [-0.2, -0.15) is 0 Å². The molecule has 1 aromatic heterocycles. The zero-order valence-corrected chi connectivity index (χ0v) is 26.0. The second kappa shape index (κ2) is 13.7. The first kappa shape index (κ1) is 32.4. The van der Waals surface area contributed by atoms with Gasteiger partial charge in [0.1, 0.15) is 5.75 Å². The maximum atomic E-state index is 13.5. The number of carboxylic acid groups (broad SMARTS) is 1. The van der Waals surface area contributed by atoms with Crippen molar-refractivity contribution in [2.24, 2.45) is 0 Å². The molecule has 0 saturated heterocycles. The predicted molar refractivity (Wildman–Crippen MR) is 181 cm³/mol. The number of aromatic nitrogens is 1. The van der Waals surface area contributed by atoms with E-state index in [2.05, 4.69) is 10.3 Å². The number of carboxylic acids is 1. The number of rotatable bonds is 10. The van der Waals surface area contributed by atoms with Gasteiger partial charge in [0, 0.05) is 48.8 Å².